The number of rotatable bonds is 2. The molecule has 0 saturated carbocycles. The Balaban J connectivity index is 2.31. The van der Waals surface area contributed by atoms with E-state index in [1.165, 1.54) is 28.6 Å². The maximum atomic E-state index is 12.8. The van der Waals surface area contributed by atoms with E-state index >= 15 is 0 Å². The van der Waals surface area contributed by atoms with Crippen LogP contribution in [-0.4, -0.2) is 38.4 Å². The van der Waals surface area contributed by atoms with Gasteiger partial charge in [-0.2, -0.15) is 4.31 Å². The fraction of sp³-hybridized carbons (Fsp3) is 0.500. The molecule has 1 heterocycles. The lowest BCUT2D eigenvalue weighted by Gasteiger charge is -2.25. The van der Waals surface area contributed by atoms with Crippen molar-refractivity contribution in [1.29, 1.82) is 0 Å². The zero-order valence-corrected chi connectivity index (χ0v) is 11.1. The maximum Gasteiger partial charge on any atom is 0.243 e. The monoisotopic (exact) mass is 272 g/mol. The lowest BCUT2D eigenvalue weighted by Crippen LogP contribution is -2.39. The molecule has 1 aromatic rings. The molecule has 0 spiro atoms. The van der Waals surface area contributed by atoms with E-state index in [1.54, 1.807) is 0 Å². The quantitative estimate of drug-likeness (QED) is 0.880. The molecule has 0 aromatic heterocycles. The molecule has 0 bridgehead atoms. The van der Waals surface area contributed by atoms with Gasteiger partial charge in [0.15, 0.2) is 0 Å². The summed E-state index contributed by atoms with van der Waals surface area (Å²) in [6.07, 6.45) is 0.778. The lowest BCUT2D eigenvalue weighted by atomic mass is 10.2. The number of hydrogen-bond donors (Lipinski definition) is 1. The Morgan fingerprint density at radius 2 is 1.94 bits per heavy atom. The summed E-state index contributed by atoms with van der Waals surface area (Å²) in [5.74, 6) is -0.431. The van der Waals surface area contributed by atoms with E-state index in [-0.39, 0.29) is 10.9 Å². The Kier molecular flexibility index (Phi) is 3.99. The smallest absolute Gasteiger partial charge is 0.243 e. The second-order valence-electron chi connectivity index (χ2n) is 4.46. The van der Waals surface area contributed by atoms with Crippen LogP contribution in [0, 0.1) is 5.82 Å². The normalized spacial score (nSPS) is 22.7. The molecule has 1 saturated heterocycles. The third kappa shape index (κ3) is 2.71. The van der Waals surface area contributed by atoms with E-state index in [2.05, 4.69) is 5.32 Å². The average Bonchev–Trinajstić information content (AvgIpc) is 2.55. The molecule has 100 valence electrons. The van der Waals surface area contributed by atoms with Crippen molar-refractivity contribution in [3.8, 4) is 0 Å². The first-order valence-electron chi connectivity index (χ1n) is 6.00. The van der Waals surface area contributed by atoms with Crippen molar-refractivity contribution < 1.29 is 12.8 Å². The van der Waals surface area contributed by atoms with Crippen LogP contribution in [0.15, 0.2) is 29.2 Å². The average molecular weight is 272 g/mol. The van der Waals surface area contributed by atoms with Gasteiger partial charge in [-0.15, -0.1) is 0 Å². The lowest BCUT2D eigenvalue weighted by molar-refractivity contribution is 0.350. The van der Waals surface area contributed by atoms with Crippen molar-refractivity contribution in [1.82, 2.24) is 9.62 Å². The molecule has 0 radical (unpaired) electrons. The van der Waals surface area contributed by atoms with E-state index in [0.29, 0.717) is 13.1 Å². The minimum atomic E-state index is -3.52. The molecular formula is C12H17FN2O2S. The molecule has 1 aliphatic heterocycles. The van der Waals surface area contributed by atoms with Crippen LogP contribution < -0.4 is 5.32 Å². The second-order valence-corrected chi connectivity index (χ2v) is 6.35. The largest absolute Gasteiger partial charge is 0.315 e. The van der Waals surface area contributed by atoms with Crippen LogP contribution >= 0.6 is 0 Å². The topological polar surface area (TPSA) is 49.4 Å². The zero-order valence-electron chi connectivity index (χ0n) is 10.3. The molecule has 1 fully saturated rings. The molecule has 4 nitrogen and oxygen atoms in total. The van der Waals surface area contributed by atoms with Gasteiger partial charge >= 0.3 is 0 Å². The molecule has 0 amide bonds. The van der Waals surface area contributed by atoms with Crippen LogP contribution in [0.25, 0.3) is 0 Å². The van der Waals surface area contributed by atoms with E-state index in [1.807, 2.05) is 6.92 Å². The second kappa shape index (κ2) is 5.34. The van der Waals surface area contributed by atoms with Crippen LogP contribution in [0.3, 0.4) is 0 Å². The zero-order chi connectivity index (χ0) is 13.2. The van der Waals surface area contributed by atoms with E-state index in [9.17, 15) is 12.8 Å². The first kappa shape index (κ1) is 13.5. The molecule has 1 aromatic carbocycles. The van der Waals surface area contributed by atoms with Gasteiger partial charge in [0.2, 0.25) is 10.0 Å². The van der Waals surface area contributed by atoms with Gasteiger partial charge in [-0.3, -0.25) is 0 Å². The molecule has 1 unspecified atom stereocenters. The first-order valence-corrected chi connectivity index (χ1v) is 7.44. The summed E-state index contributed by atoms with van der Waals surface area (Å²) < 4.78 is 39.2. The Labute approximate surface area is 107 Å². The minimum Gasteiger partial charge on any atom is -0.315 e. The maximum absolute atomic E-state index is 12.8. The molecule has 18 heavy (non-hydrogen) atoms. The van der Waals surface area contributed by atoms with Gasteiger partial charge in [-0.05, 0) is 44.2 Å². The summed E-state index contributed by atoms with van der Waals surface area (Å²) in [6, 6.07) is 4.93. The van der Waals surface area contributed by atoms with Gasteiger partial charge in [-0.25, -0.2) is 12.8 Å². The predicted octanol–water partition coefficient (Wildman–Crippen LogP) is 1.20. The molecule has 2 rings (SSSR count). The Morgan fingerprint density at radius 1 is 1.28 bits per heavy atom. The van der Waals surface area contributed by atoms with Crippen molar-refractivity contribution in [2.75, 3.05) is 19.6 Å². The van der Waals surface area contributed by atoms with Gasteiger partial charge < -0.3 is 5.32 Å². The van der Waals surface area contributed by atoms with E-state index in [0.717, 1.165) is 13.0 Å². The molecule has 1 N–H and O–H groups in total. The van der Waals surface area contributed by atoms with Crippen molar-refractivity contribution in [3.63, 3.8) is 0 Å². The third-order valence-corrected chi connectivity index (χ3v) is 5.19. The van der Waals surface area contributed by atoms with Crippen molar-refractivity contribution in [2.24, 2.45) is 0 Å². The molecule has 0 aliphatic carbocycles. The van der Waals surface area contributed by atoms with Crippen LogP contribution in [0.2, 0.25) is 0 Å². The SMILES string of the molecule is CC1CCNCCN1S(=O)(=O)c1ccc(F)cc1. The number of nitrogens with zero attached hydrogens (tertiary/aromatic N) is 1. The summed E-state index contributed by atoms with van der Waals surface area (Å²) in [5.41, 5.74) is 0. The van der Waals surface area contributed by atoms with Gasteiger partial charge in [0.05, 0.1) is 4.90 Å². The van der Waals surface area contributed by atoms with Crippen LogP contribution in [0.5, 0.6) is 0 Å². The number of benzene rings is 1. The fourth-order valence-electron chi connectivity index (χ4n) is 2.09. The summed E-state index contributed by atoms with van der Waals surface area (Å²) in [6.45, 7) is 3.80. The highest BCUT2D eigenvalue weighted by Gasteiger charge is 2.29. The standard InChI is InChI=1S/C12H17FN2O2S/c1-10-6-7-14-8-9-15(10)18(16,17)12-4-2-11(13)3-5-12/h2-5,10,14H,6-9H2,1H3. The third-order valence-electron chi connectivity index (χ3n) is 3.16. The predicted molar refractivity (Wildman–Crippen MR) is 67.2 cm³/mol. The summed E-state index contributed by atoms with van der Waals surface area (Å²) in [7, 11) is -3.52. The van der Waals surface area contributed by atoms with Gasteiger partial charge in [0.25, 0.3) is 0 Å². The molecule has 1 atom stereocenters. The highest BCUT2D eigenvalue weighted by atomic mass is 32.2. The first-order chi connectivity index (χ1) is 8.51. The summed E-state index contributed by atoms with van der Waals surface area (Å²) in [4.78, 5) is 0.151. The Morgan fingerprint density at radius 3 is 2.61 bits per heavy atom. The van der Waals surface area contributed by atoms with E-state index < -0.39 is 15.8 Å². The van der Waals surface area contributed by atoms with Gasteiger partial charge in [0, 0.05) is 19.1 Å². The van der Waals surface area contributed by atoms with E-state index in [4.69, 9.17) is 0 Å². The molecule has 6 heteroatoms. The van der Waals surface area contributed by atoms with Crippen LogP contribution in [0.1, 0.15) is 13.3 Å². The number of sulfonamides is 1. The molecular weight excluding hydrogens is 255 g/mol. The minimum absolute atomic E-state index is 0.0462. The summed E-state index contributed by atoms with van der Waals surface area (Å²) in [5, 5.41) is 3.17. The number of hydrogen-bond acceptors (Lipinski definition) is 3. The summed E-state index contributed by atoms with van der Waals surface area (Å²) >= 11 is 0. The van der Waals surface area contributed by atoms with Crippen molar-refractivity contribution in [2.45, 2.75) is 24.3 Å². The number of halogens is 1. The fourth-order valence-corrected chi connectivity index (χ4v) is 3.75. The highest BCUT2D eigenvalue weighted by Crippen LogP contribution is 2.20. The van der Waals surface area contributed by atoms with Crippen LogP contribution in [0.4, 0.5) is 4.39 Å². The van der Waals surface area contributed by atoms with Crippen molar-refractivity contribution >= 4 is 10.0 Å². The Bertz CT molecular complexity index is 501. The van der Waals surface area contributed by atoms with Crippen molar-refractivity contribution in [3.05, 3.63) is 30.1 Å². The molecule has 1 aliphatic rings. The van der Waals surface area contributed by atoms with Gasteiger partial charge in [0.1, 0.15) is 5.82 Å². The highest BCUT2D eigenvalue weighted by molar-refractivity contribution is 7.89. The van der Waals surface area contributed by atoms with Crippen LogP contribution in [-0.2, 0) is 10.0 Å². The Hall–Kier alpha value is -0.980. The van der Waals surface area contributed by atoms with Gasteiger partial charge in [-0.1, -0.05) is 0 Å². The number of nitrogens with one attached hydrogen (secondary N) is 1.